The normalized spacial score (nSPS) is 22.9. The van der Waals surface area contributed by atoms with Crippen molar-refractivity contribution < 1.29 is 19.4 Å². The average molecular weight is 295 g/mol. The minimum Gasteiger partial charge on any atom is -0.465 e. The van der Waals surface area contributed by atoms with Gasteiger partial charge in [-0.25, -0.2) is 19.7 Å². The molecule has 1 aliphatic rings. The zero-order chi connectivity index (χ0) is 15.5. The van der Waals surface area contributed by atoms with E-state index < -0.39 is 17.6 Å². The van der Waals surface area contributed by atoms with Gasteiger partial charge in [0.2, 0.25) is 0 Å². The Balaban J connectivity index is 2.35. The standard InChI is InChI=1S/C14H21N3O4/c1-13(2,3)21-14(20-11-8-15-10-16-9-11)6-4-5-7-17(14)12(18)19/h8-10H,4-7H2,1-3H3,(H,18,19). The summed E-state index contributed by atoms with van der Waals surface area (Å²) in [5.74, 6) is -0.956. The van der Waals surface area contributed by atoms with Gasteiger partial charge in [0.15, 0.2) is 5.75 Å². The van der Waals surface area contributed by atoms with Crippen LogP contribution in [0.15, 0.2) is 18.7 Å². The van der Waals surface area contributed by atoms with Crippen molar-refractivity contribution in [3.63, 3.8) is 0 Å². The highest BCUT2D eigenvalue weighted by molar-refractivity contribution is 5.65. The fraction of sp³-hybridized carbons (Fsp3) is 0.643. The first-order valence-corrected chi connectivity index (χ1v) is 6.97. The molecule has 1 amide bonds. The zero-order valence-corrected chi connectivity index (χ0v) is 12.6. The van der Waals surface area contributed by atoms with Crippen LogP contribution in [0, 0.1) is 0 Å². The van der Waals surface area contributed by atoms with Crippen LogP contribution in [0.1, 0.15) is 40.0 Å². The Bertz CT molecular complexity index is 489. The van der Waals surface area contributed by atoms with Crippen molar-refractivity contribution in [1.29, 1.82) is 0 Å². The number of ether oxygens (including phenoxy) is 2. The van der Waals surface area contributed by atoms with Gasteiger partial charge in [0, 0.05) is 13.0 Å². The molecule has 0 radical (unpaired) electrons. The molecule has 1 atom stereocenters. The van der Waals surface area contributed by atoms with Gasteiger partial charge in [-0.1, -0.05) is 0 Å². The van der Waals surface area contributed by atoms with E-state index in [1.807, 2.05) is 20.8 Å². The molecule has 0 saturated carbocycles. The van der Waals surface area contributed by atoms with E-state index in [1.165, 1.54) is 23.6 Å². The predicted molar refractivity (Wildman–Crippen MR) is 74.8 cm³/mol. The van der Waals surface area contributed by atoms with Crippen molar-refractivity contribution in [1.82, 2.24) is 14.9 Å². The van der Waals surface area contributed by atoms with Crippen molar-refractivity contribution in [2.24, 2.45) is 0 Å². The number of likely N-dealkylation sites (tertiary alicyclic amines) is 1. The van der Waals surface area contributed by atoms with Gasteiger partial charge in [0.25, 0.3) is 5.91 Å². The third-order valence-corrected chi connectivity index (χ3v) is 3.05. The van der Waals surface area contributed by atoms with E-state index in [9.17, 15) is 9.90 Å². The Kier molecular flexibility index (Phi) is 4.32. The Hall–Kier alpha value is -1.89. The second-order valence-electron chi connectivity index (χ2n) is 5.99. The minimum absolute atomic E-state index is 0.374. The maximum atomic E-state index is 11.6. The number of hydrogen-bond donors (Lipinski definition) is 1. The molecule has 1 N–H and O–H groups in total. The lowest BCUT2D eigenvalue weighted by Crippen LogP contribution is -2.61. The maximum Gasteiger partial charge on any atom is 0.412 e. The van der Waals surface area contributed by atoms with Gasteiger partial charge in [-0.05, 0) is 33.6 Å². The highest BCUT2D eigenvalue weighted by Crippen LogP contribution is 2.35. The first kappa shape index (κ1) is 15.5. The number of carboxylic acid groups (broad SMARTS) is 1. The molecule has 1 aromatic heterocycles. The summed E-state index contributed by atoms with van der Waals surface area (Å²) in [5, 5.41) is 9.48. The van der Waals surface area contributed by atoms with Crippen LogP contribution >= 0.6 is 0 Å². The molecule has 2 heterocycles. The Labute approximate surface area is 123 Å². The molecule has 1 aromatic rings. The smallest absolute Gasteiger partial charge is 0.412 e. The van der Waals surface area contributed by atoms with Crippen molar-refractivity contribution in [3.05, 3.63) is 18.7 Å². The van der Waals surface area contributed by atoms with E-state index in [1.54, 1.807) is 0 Å². The lowest BCUT2D eigenvalue weighted by Gasteiger charge is -2.46. The van der Waals surface area contributed by atoms with E-state index in [4.69, 9.17) is 9.47 Å². The lowest BCUT2D eigenvalue weighted by atomic mass is 10.1. The summed E-state index contributed by atoms with van der Waals surface area (Å²) in [4.78, 5) is 20.6. The topological polar surface area (TPSA) is 84.8 Å². The fourth-order valence-electron chi connectivity index (χ4n) is 2.40. The van der Waals surface area contributed by atoms with E-state index in [2.05, 4.69) is 9.97 Å². The molecule has 0 aliphatic carbocycles. The third kappa shape index (κ3) is 3.81. The molecule has 7 heteroatoms. The van der Waals surface area contributed by atoms with E-state index >= 15 is 0 Å². The van der Waals surface area contributed by atoms with E-state index in [0.717, 1.165) is 12.8 Å². The molecule has 1 aliphatic heterocycles. The SMILES string of the molecule is CC(C)(C)OC1(Oc2cncnc2)CCCCN1C(=O)O. The highest BCUT2D eigenvalue weighted by Gasteiger charge is 2.48. The Morgan fingerprint density at radius 1 is 1.33 bits per heavy atom. The van der Waals surface area contributed by atoms with Crippen LogP contribution in [0.25, 0.3) is 0 Å². The van der Waals surface area contributed by atoms with Crippen molar-refractivity contribution >= 4 is 6.09 Å². The van der Waals surface area contributed by atoms with Crippen LogP contribution in [-0.4, -0.2) is 44.1 Å². The largest absolute Gasteiger partial charge is 0.465 e. The number of amides is 1. The van der Waals surface area contributed by atoms with E-state index in [0.29, 0.717) is 18.7 Å². The molecule has 21 heavy (non-hydrogen) atoms. The third-order valence-electron chi connectivity index (χ3n) is 3.05. The molecule has 0 bridgehead atoms. The lowest BCUT2D eigenvalue weighted by molar-refractivity contribution is -0.311. The molecule has 7 nitrogen and oxygen atoms in total. The molecule has 116 valence electrons. The first-order chi connectivity index (χ1) is 9.82. The van der Waals surface area contributed by atoms with Crippen LogP contribution in [-0.2, 0) is 4.74 Å². The fourth-order valence-corrected chi connectivity index (χ4v) is 2.40. The zero-order valence-electron chi connectivity index (χ0n) is 12.6. The summed E-state index contributed by atoms with van der Waals surface area (Å²) in [6, 6.07) is 0. The minimum atomic E-state index is -1.34. The van der Waals surface area contributed by atoms with Crippen LogP contribution in [0.4, 0.5) is 4.79 Å². The van der Waals surface area contributed by atoms with Gasteiger partial charge >= 0.3 is 6.09 Å². The summed E-state index contributed by atoms with van der Waals surface area (Å²) in [7, 11) is 0. The number of hydrogen-bond acceptors (Lipinski definition) is 5. The Morgan fingerprint density at radius 2 is 2.00 bits per heavy atom. The van der Waals surface area contributed by atoms with Gasteiger partial charge in [0.1, 0.15) is 6.33 Å². The number of carbonyl (C=O) groups is 1. The monoisotopic (exact) mass is 295 g/mol. The number of aromatic nitrogens is 2. The predicted octanol–water partition coefficient (Wildman–Crippen LogP) is 2.49. The van der Waals surface area contributed by atoms with Gasteiger partial charge < -0.3 is 14.6 Å². The molecule has 0 spiro atoms. The summed E-state index contributed by atoms with van der Waals surface area (Å²) in [6.45, 7) is 5.98. The van der Waals surface area contributed by atoms with Gasteiger partial charge in [0.05, 0.1) is 18.0 Å². The average Bonchev–Trinajstić information content (AvgIpc) is 2.37. The van der Waals surface area contributed by atoms with E-state index in [-0.39, 0.29) is 0 Å². The van der Waals surface area contributed by atoms with Crippen molar-refractivity contribution in [3.8, 4) is 5.75 Å². The van der Waals surface area contributed by atoms with Crippen LogP contribution in [0.5, 0.6) is 5.75 Å². The molecular weight excluding hydrogens is 274 g/mol. The second kappa shape index (κ2) is 5.85. The highest BCUT2D eigenvalue weighted by atomic mass is 16.7. The summed E-state index contributed by atoms with van der Waals surface area (Å²) in [6.07, 6.45) is 5.40. The second-order valence-corrected chi connectivity index (χ2v) is 5.99. The summed E-state index contributed by atoms with van der Waals surface area (Å²) in [5.41, 5.74) is -0.555. The molecule has 2 rings (SSSR count). The maximum absolute atomic E-state index is 11.6. The van der Waals surface area contributed by atoms with Crippen molar-refractivity contribution in [2.75, 3.05) is 6.54 Å². The quantitative estimate of drug-likeness (QED) is 0.862. The summed E-state index contributed by atoms with van der Waals surface area (Å²) >= 11 is 0. The van der Waals surface area contributed by atoms with Crippen LogP contribution < -0.4 is 4.74 Å². The Morgan fingerprint density at radius 3 is 2.57 bits per heavy atom. The molecule has 1 unspecified atom stereocenters. The van der Waals surface area contributed by atoms with Gasteiger partial charge in [-0.3, -0.25) is 0 Å². The number of rotatable bonds is 3. The van der Waals surface area contributed by atoms with Crippen molar-refractivity contribution in [2.45, 2.75) is 51.5 Å². The molecule has 1 saturated heterocycles. The number of piperidine rings is 1. The molecule has 1 fully saturated rings. The molecule has 0 aromatic carbocycles. The van der Waals surface area contributed by atoms with Crippen LogP contribution in [0.3, 0.4) is 0 Å². The van der Waals surface area contributed by atoms with Gasteiger partial charge in [-0.2, -0.15) is 0 Å². The first-order valence-electron chi connectivity index (χ1n) is 6.97. The van der Waals surface area contributed by atoms with Crippen LogP contribution in [0.2, 0.25) is 0 Å². The number of nitrogens with zero attached hydrogens (tertiary/aromatic N) is 3. The van der Waals surface area contributed by atoms with Gasteiger partial charge in [-0.15, -0.1) is 0 Å². The summed E-state index contributed by atoms with van der Waals surface area (Å²) < 4.78 is 11.9. The molecular formula is C14H21N3O4.